The van der Waals surface area contributed by atoms with Crippen LogP contribution in [0.15, 0.2) is 24.5 Å². The Labute approximate surface area is 131 Å². The zero-order chi connectivity index (χ0) is 15.0. The fourth-order valence-electron chi connectivity index (χ4n) is 4.35. The van der Waals surface area contributed by atoms with E-state index in [1.807, 2.05) is 12.4 Å². The van der Waals surface area contributed by atoms with Crippen molar-refractivity contribution in [3.63, 3.8) is 0 Å². The van der Waals surface area contributed by atoms with Crippen molar-refractivity contribution in [2.24, 2.45) is 5.92 Å². The number of unbranched alkanes of at least 4 members (excludes halogenated alkanes) is 1. The van der Waals surface area contributed by atoms with Crippen molar-refractivity contribution in [1.29, 1.82) is 0 Å². The molecule has 0 bridgehead atoms. The van der Waals surface area contributed by atoms with Crippen molar-refractivity contribution in [2.75, 3.05) is 0 Å². The summed E-state index contributed by atoms with van der Waals surface area (Å²) in [6.07, 6.45) is 19.4. The highest BCUT2D eigenvalue weighted by molar-refractivity contribution is 5.22. The van der Waals surface area contributed by atoms with Gasteiger partial charge in [0.2, 0.25) is 0 Å². The van der Waals surface area contributed by atoms with E-state index in [1.54, 1.807) is 0 Å². The standard InChI is InChI=1S/C20H33N/c1-3-14-20(4-2,19-12-16-21-17-13-19)15-8-7-11-18-9-5-6-10-18/h12-13,16-18H,3-11,14-15H2,1-2H3. The molecule has 1 atom stereocenters. The molecule has 2 rings (SSSR count). The number of hydrogen-bond donors (Lipinski definition) is 0. The van der Waals surface area contributed by atoms with Crippen LogP contribution in [-0.4, -0.2) is 4.98 Å². The van der Waals surface area contributed by atoms with E-state index in [4.69, 9.17) is 0 Å². The molecule has 1 saturated carbocycles. The molecule has 0 amide bonds. The second kappa shape index (κ2) is 8.56. The van der Waals surface area contributed by atoms with E-state index in [9.17, 15) is 0 Å². The Morgan fingerprint density at radius 2 is 1.76 bits per heavy atom. The summed E-state index contributed by atoms with van der Waals surface area (Å²) in [6.45, 7) is 4.69. The number of nitrogens with zero attached hydrogens (tertiary/aromatic N) is 1. The minimum atomic E-state index is 0.396. The Hall–Kier alpha value is -0.850. The average molecular weight is 287 g/mol. The second-order valence-electron chi connectivity index (χ2n) is 7.02. The molecule has 1 fully saturated rings. The summed E-state index contributed by atoms with van der Waals surface area (Å²) in [7, 11) is 0. The van der Waals surface area contributed by atoms with Gasteiger partial charge in [-0.25, -0.2) is 0 Å². The first-order valence-corrected chi connectivity index (χ1v) is 9.21. The van der Waals surface area contributed by atoms with Crippen LogP contribution in [0, 0.1) is 5.92 Å². The average Bonchev–Trinajstić information content (AvgIpc) is 3.05. The van der Waals surface area contributed by atoms with Crippen LogP contribution in [0.4, 0.5) is 0 Å². The van der Waals surface area contributed by atoms with Gasteiger partial charge in [-0.05, 0) is 48.3 Å². The summed E-state index contributed by atoms with van der Waals surface area (Å²) in [5.74, 6) is 1.05. The van der Waals surface area contributed by atoms with Crippen LogP contribution in [0.3, 0.4) is 0 Å². The van der Waals surface area contributed by atoms with E-state index in [0.29, 0.717) is 5.41 Å². The van der Waals surface area contributed by atoms with E-state index in [0.717, 1.165) is 5.92 Å². The normalized spacial score (nSPS) is 18.8. The maximum atomic E-state index is 4.20. The minimum absolute atomic E-state index is 0.396. The molecule has 1 aliphatic carbocycles. The molecular formula is C20H33N. The summed E-state index contributed by atoms with van der Waals surface area (Å²) in [6, 6.07) is 4.49. The number of rotatable bonds is 9. The van der Waals surface area contributed by atoms with E-state index in [2.05, 4.69) is 31.0 Å². The van der Waals surface area contributed by atoms with E-state index in [-0.39, 0.29) is 0 Å². The number of aromatic nitrogens is 1. The lowest BCUT2D eigenvalue weighted by Gasteiger charge is -2.33. The van der Waals surface area contributed by atoms with Gasteiger partial charge >= 0.3 is 0 Å². The Balaban J connectivity index is 1.89. The molecule has 1 aliphatic rings. The molecule has 0 aromatic carbocycles. The number of pyridine rings is 1. The Morgan fingerprint density at radius 3 is 2.38 bits per heavy atom. The summed E-state index contributed by atoms with van der Waals surface area (Å²) < 4.78 is 0. The zero-order valence-corrected chi connectivity index (χ0v) is 14.1. The zero-order valence-electron chi connectivity index (χ0n) is 14.1. The predicted octanol–water partition coefficient (Wildman–Crippen LogP) is 6.28. The fourth-order valence-corrected chi connectivity index (χ4v) is 4.35. The van der Waals surface area contributed by atoms with Crippen LogP contribution >= 0.6 is 0 Å². The maximum Gasteiger partial charge on any atom is 0.0270 e. The fraction of sp³-hybridized carbons (Fsp3) is 0.750. The third-order valence-electron chi connectivity index (χ3n) is 5.69. The third-order valence-corrected chi connectivity index (χ3v) is 5.69. The molecule has 1 heteroatoms. The summed E-state index contributed by atoms with van der Waals surface area (Å²) in [5.41, 5.74) is 1.91. The van der Waals surface area contributed by atoms with Crippen molar-refractivity contribution in [1.82, 2.24) is 4.98 Å². The maximum absolute atomic E-state index is 4.20. The van der Waals surface area contributed by atoms with Crippen LogP contribution in [0.5, 0.6) is 0 Å². The second-order valence-corrected chi connectivity index (χ2v) is 7.02. The largest absolute Gasteiger partial charge is 0.265 e. The molecule has 118 valence electrons. The van der Waals surface area contributed by atoms with Crippen molar-refractivity contribution < 1.29 is 0 Å². The van der Waals surface area contributed by atoms with Gasteiger partial charge < -0.3 is 0 Å². The van der Waals surface area contributed by atoms with Crippen LogP contribution in [0.2, 0.25) is 0 Å². The summed E-state index contributed by atoms with van der Waals surface area (Å²) in [4.78, 5) is 4.20. The van der Waals surface area contributed by atoms with Gasteiger partial charge in [-0.1, -0.05) is 65.2 Å². The first kappa shape index (κ1) is 16.5. The summed E-state index contributed by atoms with van der Waals surface area (Å²) in [5, 5.41) is 0. The smallest absolute Gasteiger partial charge is 0.0270 e. The Kier molecular flexibility index (Phi) is 6.73. The lowest BCUT2D eigenvalue weighted by Crippen LogP contribution is -2.25. The molecule has 21 heavy (non-hydrogen) atoms. The van der Waals surface area contributed by atoms with Gasteiger partial charge in [0.1, 0.15) is 0 Å². The monoisotopic (exact) mass is 287 g/mol. The first-order chi connectivity index (χ1) is 10.3. The number of hydrogen-bond acceptors (Lipinski definition) is 1. The van der Waals surface area contributed by atoms with Crippen LogP contribution in [-0.2, 0) is 5.41 Å². The molecule has 0 saturated heterocycles. The van der Waals surface area contributed by atoms with Crippen molar-refractivity contribution >= 4 is 0 Å². The van der Waals surface area contributed by atoms with Gasteiger partial charge in [0.25, 0.3) is 0 Å². The lowest BCUT2D eigenvalue weighted by molar-refractivity contribution is 0.326. The molecular weight excluding hydrogens is 254 g/mol. The van der Waals surface area contributed by atoms with Gasteiger partial charge in [0.05, 0.1) is 0 Å². The van der Waals surface area contributed by atoms with Gasteiger partial charge in [-0.15, -0.1) is 0 Å². The SMILES string of the molecule is CCCC(CC)(CCCCC1CCCC1)c1ccncc1. The Bertz CT molecular complexity index is 380. The van der Waals surface area contributed by atoms with Crippen molar-refractivity contribution in [2.45, 2.75) is 89.9 Å². The topological polar surface area (TPSA) is 12.9 Å². The molecule has 0 aliphatic heterocycles. The van der Waals surface area contributed by atoms with Gasteiger partial charge in [0.15, 0.2) is 0 Å². The first-order valence-electron chi connectivity index (χ1n) is 9.21. The summed E-state index contributed by atoms with van der Waals surface area (Å²) >= 11 is 0. The highest BCUT2D eigenvalue weighted by atomic mass is 14.6. The highest BCUT2D eigenvalue weighted by Gasteiger charge is 2.28. The van der Waals surface area contributed by atoms with E-state index in [1.165, 1.54) is 76.2 Å². The van der Waals surface area contributed by atoms with Crippen LogP contribution < -0.4 is 0 Å². The quantitative estimate of drug-likeness (QED) is 0.487. The van der Waals surface area contributed by atoms with Crippen molar-refractivity contribution in [3.05, 3.63) is 30.1 Å². The van der Waals surface area contributed by atoms with Crippen LogP contribution in [0.25, 0.3) is 0 Å². The molecule has 1 nitrogen and oxygen atoms in total. The minimum Gasteiger partial charge on any atom is -0.265 e. The van der Waals surface area contributed by atoms with Crippen molar-refractivity contribution in [3.8, 4) is 0 Å². The van der Waals surface area contributed by atoms with Crippen LogP contribution in [0.1, 0.15) is 90.0 Å². The predicted molar refractivity (Wildman–Crippen MR) is 91.5 cm³/mol. The molecule has 0 N–H and O–H groups in total. The molecule has 0 radical (unpaired) electrons. The molecule has 1 aromatic heterocycles. The highest BCUT2D eigenvalue weighted by Crippen LogP contribution is 2.38. The lowest BCUT2D eigenvalue weighted by atomic mass is 9.71. The van der Waals surface area contributed by atoms with E-state index < -0.39 is 0 Å². The molecule has 1 heterocycles. The molecule has 1 unspecified atom stereocenters. The third kappa shape index (κ3) is 4.56. The molecule has 1 aromatic rings. The van der Waals surface area contributed by atoms with E-state index >= 15 is 0 Å². The Morgan fingerprint density at radius 1 is 1.05 bits per heavy atom. The van der Waals surface area contributed by atoms with Gasteiger partial charge in [-0.3, -0.25) is 4.98 Å². The molecule has 0 spiro atoms. The van der Waals surface area contributed by atoms with Gasteiger partial charge in [-0.2, -0.15) is 0 Å². The van der Waals surface area contributed by atoms with Gasteiger partial charge in [0, 0.05) is 12.4 Å².